The van der Waals surface area contributed by atoms with Crippen molar-refractivity contribution in [2.45, 2.75) is 25.3 Å². The Labute approximate surface area is 104 Å². The standard InChI is InChI=1S/C12H14N4O2/c17-12(18)9-4-2-6-16-10(14-15-11(9)16)7-8-3-1-5-13-8/h2,4,6,8,13H,1,3,5,7H2,(H,17,18). The summed E-state index contributed by atoms with van der Waals surface area (Å²) in [6.07, 6.45) is 4.91. The molecule has 1 atom stereocenters. The lowest BCUT2D eigenvalue weighted by molar-refractivity contribution is 0.0698. The molecule has 0 bridgehead atoms. The van der Waals surface area contributed by atoms with Crippen molar-refractivity contribution >= 4 is 11.6 Å². The van der Waals surface area contributed by atoms with Crippen LogP contribution in [0, 0.1) is 0 Å². The van der Waals surface area contributed by atoms with E-state index in [0.717, 1.165) is 25.2 Å². The highest BCUT2D eigenvalue weighted by Gasteiger charge is 2.19. The molecule has 0 aromatic carbocycles. The molecule has 2 N–H and O–H groups in total. The third-order valence-electron chi connectivity index (χ3n) is 3.33. The van der Waals surface area contributed by atoms with E-state index in [4.69, 9.17) is 5.11 Å². The van der Waals surface area contributed by atoms with Gasteiger partial charge in [-0.3, -0.25) is 4.40 Å². The molecule has 1 fully saturated rings. The van der Waals surface area contributed by atoms with Gasteiger partial charge in [-0.05, 0) is 31.5 Å². The van der Waals surface area contributed by atoms with Gasteiger partial charge in [0.15, 0.2) is 5.65 Å². The zero-order valence-corrected chi connectivity index (χ0v) is 9.83. The number of hydrogen-bond donors (Lipinski definition) is 2. The number of carbonyl (C=O) groups is 1. The van der Waals surface area contributed by atoms with Crippen LogP contribution >= 0.6 is 0 Å². The fourth-order valence-electron chi connectivity index (χ4n) is 2.42. The summed E-state index contributed by atoms with van der Waals surface area (Å²) in [5, 5.41) is 20.6. The molecule has 3 heterocycles. The quantitative estimate of drug-likeness (QED) is 0.834. The fourth-order valence-corrected chi connectivity index (χ4v) is 2.42. The minimum Gasteiger partial charge on any atom is -0.478 e. The molecule has 18 heavy (non-hydrogen) atoms. The normalized spacial score (nSPS) is 19.4. The molecule has 1 saturated heterocycles. The summed E-state index contributed by atoms with van der Waals surface area (Å²) >= 11 is 0. The monoisotopic (exact) mass is 246 g/mol. The molecule has 1 unspecified atom stereocenters. The Bertz CT molecular complexity index is 587. The van der Waals surface area contributed by atoms with Crippen molar-refractivity contribution in [3.05, 3.63) is 29.7 Å². The first-order valence-corrected chi connectivity index (χ1v) is 6.05. The SMILES string of the molecule is O=C(O)c1cccn2c(CC3CCCN3)nnc12. The lowest BCUT2D eigenvalue weighted by Gasteiger charge is -2.08. The van der Waals surface area contributed by atoms with Crippen molar-refractivity contribution < 1.29 is 9.90 Å². The summed E-state index contributed by atoms with van der Waals surface area (Å²) in [6, 6.07) is 3.68. The molecule has 0 amide bonds. The van der Waals surface area contributed by atoms with Gasteiger partial charge in [-0.15, -0.1) is 10.2 Å². The minimum atomic E-state index is -0.974. The summed E-state index contributed by atoms with van der Waals surface area (Å²) in [7, 11) is 0. The Balaban J connectivity index is 1.98. The zero-order chi connectivity index (χ0) is 12.5. The molecule has 0 saturated carbocycles. The number of fused-ring (bicyclic) bond motifs is 1. The van der Waals surface area contributed by atoms with Crippen LogP contribution in [0.1, 0.15) is 29.0 Å². The maximum Gasteiger partial charge on any atom is 0.339 e. The molecule has 0 spiro atoms. The molecule has 1 aliphatic rings. The van der Waals surface area contributed by atoms with E-state index in [-0.39, 0.29) is 5.56 Å². The third kappa shape index (κ3) is 1.84. The van der Waals surface area contributed by atoms with Gasteiger partial charge in [0.2, 0.25) is 0 Å². The number of nitrogens with one attached hydrogen (secondary N) is 1. The second-order valence-electron chi connectivity index (χ2n) is 4.53. The predicted octanol–water partition coefficient (Wildman–Crippen LogP) is 0.722. The van der Waals surface area contributed by atoms with E-state index in [1.807, 2.05) is 6.20 Å². The summed E-state index contributed by atoms with van der Waals surface area (Å²) < 4.78 is 1.77. The van der Waals surface area contributed by atoms with Gasteiger partial charge >= 0.3 is 5.97 Å². The summed E-state index contributed by atoms with van der Waals surface area (Å²) in [5.74, 6) is -0.161. The first-order valence-electron chi connectivity index (χ1n) is 6.05. The van der Waals surface area contributed by atoms with Crippen molar-refractivity contribution in [1.82, 2.24) is 19.9 Å². The number of rotatable bonds is 3. The molecular formula is C12H14N4O2. The Morgan fingerprint density at radius 1 is 1.56 bits per heavy atom. The van der Waals surface area contributed by atoms with Crippen LogP contribution in [0.3, 0.4) is 0 Å². The van der Waals surface area contributed by atoms with Crippen LogP contribution in [-0.2, 0) is 6.42 Å². The van der Waals surface area contributed by atoms with Crippen LogP contribution in [0.25, 0.3) is 5.65 Å². The van der Waals surface area contributed by atoms with Gasteiger partial charge in [-0.25, -0.2) is 4.79 Å². The van der Waals surface area contributed by atoms with Crippen molar-refractivity contribution in [1.29, 1.82) is 0 Å². The van der Waals surface area contributed by atoms with Gasteiger partial charge in [0.25, 0.3) is 0 Å². The van der Waals surface area contributed by atoms with E-state index < -0.39 is 5.97 Å². The lowest BCUT2D eigenvalue weighted by atomic mass is 10.1. The number of pyridine rings is 1. The highest BCUT2D eigenvalue weighted by molar-refractivity contribution is 5.94. The maximum atomic E-state index is 11.1. The van der Waals surface area contributed by atoms with Gasteiger partial charge in [-0.1, -0.05) is 0 Å². The Hall–Kier alpha value is -1.95. The lowest BCUT2D eigenvalue weighted by Crippen LogP contribution is -2.24. The van der Waals surface area contributed by atoms with E-state index in [2.05, 4.69) is 15.5 Å². The summed E-state index contributed by atoms with van der Waals surface area (Å²) in [6.45, 7) is 1.04. The molecule has 0 radical (unpaired) electrons. The third-order valence-corrected chi connectivity index (χ3v) is 3.33. The zero-order valence-electron chi connectivity index (χ0n) is 9.83. The van der Waals surface area contributed by atoms with Crippen molar-refractivity contribution in [2.24, 2.45) is 0 Å². The van der Waals surface area contributed by atoms with Crippen LogP contribution in [-0.4, -0.2) is 38.3 Å². The van der Waals surface area contributed by atoms with Crippen LogP contribution in [0.15, 0.2) is 18.3 Å². The highest BCUT2D eigenvalue weighted by atomic mass is 16.4. The van der Waals surface area contributed by atoms with Crippen LogP contribution in [0.2, 0.25) is 0 Å². The number of aromatic carboxylic acids is 1. The Morgan fingerprint density at radius 3 is 3.17 bits per heavy atom. The molecule has 6 heteroatoms. The number of nitrogens with zero attached hydrogens (tertiary/aromatic N) is 3. The summed E-state index contributed by atoms with van der Waals surface area (Å²) in [5.41, 5.74) is 0.605. The molecule has 2 aromatic rings. The first-order chi connectivity index (χ1) is 8.75. The van der Waals surface area contributed by atoms with Crippen LogP contribution in [0.5, 0.6) is 0 Å². The molecule has 3 rings (SSSR count). The average molecular weight is 246 g/mol. The van der Waals surface area contributed by atoms with E-state index in [1.54, 1.807) is 16.5 Å². The van der Waals surface area contributed by atoms with Crippen LogP contribution in [0.4, 0.5) is 0 Å². The molecule has 2 aromatic heterocycles. The van der Waals surface area contributed by atoms with Gasteiger partial charge < -0.3 is 10.4 Å². The second kappa shape index (κ2) is 4.38. The van der Waals surface area contributed by atoms with E-state index in [1.165, 1.54) is 6.42 Å². The highest BCUT2D eigenvalue weighted by Crippen LogP contribution is 2.14. The molecular weight excluding hydrogens is 232 g/mol. The van der Waals surface area contributed by atoms with Crippen molar-refractivity contribution in [3.8, 4) is 0 Å². The van der Waals surface area contributed by atoms with Crippen molar-refractivity contribution in [3.63, 3.8) is 0 Å². The molecule has 0 aliphatic carbocycles. The predicted molar refractivity (Wildman–Crippen MR) is 64.7 cm³/mol. The smallest absolute Gasteiger partial charge is 0.339 e. The number of carboxylic acid groups (broad SMARTS) is 1. The van der Waals surface area contributed by atoms with E-state index >= 15 is 0 Å². The first kappa shape index (κ1) is 11.2. The largest absolute Gasteiger partial charge is 0.478 e. The number of hydrogen-bond acceptors (Lipinski definition) is 4. The van der Waals surface area contributed by atoms with Gasteiger partial charge in [0.05, 0.1) is 0 Å². The van der Waals surface area contributed by atoms with Gasteiger partial charge in [-0.2, -0.15) is 0 Å². The topological polar surface area (TPSA) is 79.5 Å². The van der Waals surface area contributed by atoms with E-state index in [0.29, 0.717) is 11.7 Å². The maximum absolute atomic E-state index is 11.1. The minimum absolute atomic E-state index is 0.190. The molecule has 6 nitrogen and oxygen atoms in total. The Morgan fingerprint density at radius 2 is 2.44 bits per heavy atom. The van der Waals surface area contributed by atoms with Gasteiger partial charge in [0, 0.05) is 18.7 Å². The summed E-state index contributed by atoms with van der Waals surface area (Å²) in [4.78, 5) is 11.1. The second-order valence-corrected chi connectivity index (χ2v) is 4.53. The number of aromatic nitrogens is 3. The van der Waals surface area contributed by atoms with Gasteiger partial charge in [0.1, 0.15) is 11.4 Å². The van der Waals surface area contributed by atoms with E-state index in [9.17, 15) is 4.79 Å². The fraction of sp³-hybridized carbons (Fsp3) is 0.417. The van der Waals surface area contributed by atoms with Crippen LogP contribution < -0.4 is 5.32 Å². The average Bonchev–Trinajstić information content (AvgIpc) is 2.99. The van der Waals surface area contributed by atoms with Crippen molar-refractivity contribution in [2.75, 3.05) is 6.54 Å². The molecule has 94 valence electrons. The molecule has 1 aliphatic heterocycles. The number of carboxylic acids is 1. The Kier molecular flexibility index (Phi) is 2.71.